The van der Waals surface area contributed by atoms with E-state index in [-0.39, 0.29) is 28.6 Å². The molecule has 2 rings (SSSR count). The van der Waals surface area contributed by atoms with E-state index in [1.807, 2.05) is 30.4 Å². The zero-order chi connectivity index (χ0) is 28.7. The summed E-state index contributed by atoms with van der Waals surface area (Å²) in [7, 11) is 4.29. The van der Waals surface area contributed by atoms with Crippen LogP contribution >= 0.6 is 0 Å². The van der Waals surface area contributed by atoms with Crippen LogP contribution in [0.5, 0.6) is 11.5 Å². The lowest BCUT2D eigenvalue weighted by Gasteiger charge is -2.32. The Bertz CT molecular complexity index is 1060. The SMILES string of the molecule is C=CCc1ccc(O)c(-c2cc(CC=C)ccc2OCCCC[N+](C)(C)CC(=O)N(CCCC)CCCC)c1.[Br-]. The van der Waals surface area contributed by atoms with Crippen molar-refractivity contribution in [3.05, 3.63) is 72.8 Å². The molecule has 0 bridgehead atoms. The Hall–Kier alpha value is -2.57. The molecule has 0 aliphatic carbocycles. The number of amides is 1. The van der Waals surface area contributed by atoms with Crippen molar-refractivity contribution in [1.82, 2.24) is 4.90 Å². The fourth-order valence-electron chi connectivity index (χ4n) is 4.73. The molecular weight excluding hydrogens is 564 g/mol. The van der Waals surface area contributed by atoms with E-state index in [1.54, 1.807) is 6.07 Å². The van der Waals surface area contributed by atoms with Crippen LogP contribution in [0.2, 0.25) is 0 Å². The van der Waals surface area contributed by atoms with E-state index in [1.165, 1.54) is 0 Å². The summed E-state index contributed by atoms with van der Waals surface area (Å²) in [6.45, 7) is 15.8. The summed E-state index contributed by atoms with van der Waals surface area (Å²) in [5, 5.41) is 10.7. The van der Waals surface area contributed by atoms with Gasteiger partial charge in [0.1, 0.15) is 11.5 Å². The smallest absolute Gasteiger partial charge is 0.277 e. The molecule has 5 nitrogen and oxygen atoms in total. The largest absolute Gasteiger partial charge is 1.00 e. The third-order valence-electron chi connectivity index (χ3n) is 7.05. The van der Waals surface area contributed by atoms with E-state index in [4.69, 9.17) is 4.74 Å². The second-order valence-electron chi connectivity index (χ2n) is 11.1. The normalized spacial score (nSPS) is 11.0. The first-order chi connectivity index (χ1) is 18.7. The molecular formula is C34H51BrN2O3. The summed E-state index contributed by atoms with van der Waals surface area (Å²) >= 11 is 0. The van der Waals surface area contributed by atoms with Gasteiger partial charge in [-0.2, -0.15) is 0 Å². The van der Waals surface area contributed by atoms with E-state index in [2.05, 4.69) is 58.1 Å². The molecule has 40 heavy (non-hydrogen) atoms. The van der Waals surface area contributed by atoms with Crippen molar-refractivity contribution in [3.63, 3.8) is 0 Å². The van der Waals surface area contributed by atoms with Crippen LogP contribution in [-0.4, -0.2) is 67.3 Å². The Kier molecular flexibility index (Phi) is 16.6. The third-order valence-corrected chi connectivity index (χ3v) is 7.05. The maximum Gasteiger partial charge on any atom is 0.277 e. The Balaban J connectivity index is 0.00000800. The summed E-state index contributed by atoms with van der Waals surface area (Å²) < 4.78 is 6.94. The molecule has 0 heterocycles. The van der Waals surface area contributed by atoms with Gasteiger partial charge < -0.3 is 36.2 Å². The van der Waals surface area contributed by atoms with Gasteiger partial charge in [-0.1, -0.05) is 51.0 Å². The van der Waals surface area contributed by atoms with E-state index >= 15 is 0 Å². The van der Waals surface area contributed by atoms with E-state index in [9.17, 15) is 9.90 Å². The number of ether oxygens (including phenoxy) is 1. The Morgan fingerprint density at radius 1 is 0.900 bits per heavy atom. The van der Waals surface area contributed by atoms with E-state index < -0.39 is 0 Å². The van der Waals surface area contributed by atoms with Crippen molar-refractivity contribution in [2.45, 2.75) is 65.2 Å². The van der Waals surface area contributed by atoms with Crippen LogP contribution < -0.4 is 21.7 Å². The maximum atomic E-state index is 13.0. The molecule has 0 atom stereocenters. The van der Waals surface area contributed by atoms with Gasteiger partial charge in [0.25, 0.3) is 5.91 Å². The van der Waals surface area contributed by atoms with Crippen LogP contribution in [0.15, 0.2) is 61.7 Å². The van der Waals surface area contributed by atoms with Gasteiger partial charge in [0, 0.05) is 24.2 Å². The molecule has 1 N–H and O–H groups in total. The molecule has 0 spiro atoms. The summed E-state index contributed by atoms with van der Waals surface area (Å²) in [6, 6.07) is 11.8. The molecule has 0 unspecified atom stereocenters. The number of nitrogens with zero attached hydrogens (tertiary/aromatic N) is 2. The fourth-order valence-corrected chi connectivity index (χ4v) is 4.73. The standard InChI is InChI=1S/C34H50N2O3.BrH/c1-7-11-21-35(22-12-8-2)34(38)27-36(5,6)23-13-14-24-39-33-20-18-29(16-10-4)26-31(33)30-25-28(15-9-3)17-19-32(30)37;/h9-10,17-20,25-26H,3-4,7-8,11-16,21-24,27H2,1-2,5-6H3;1H. The number of phenolic OH excluding ortho intramolecular Hbond substituents is 1. The highest BCUT2D eigenvalue weighted by molar-refractivity contribution is 5.77. The van der Waals surface area contributed by atoms with Crippen molar-refractivity contribution in [2.24, 2.45) is 0 Å². The highest BCUT2D eigenvalue weighted by Crippen LogP contribution is 2.37. The van der Waals surface area contributed by atoms with Crippen molar-refractivity contribution in [1.29, 1.82) is 0 Å². The average Bonchev–Trinajstić information content (AvgIpc) is 2.90. The van der Waals surface area contributed by atoms with Crippen LogP contribution in [-0.2, 0) is 17.6 Å². The van der Waals surface area contributed by atoms with Gasteiger partial charge in [-0.3, -0.25) is 4.79 Å². The monoisotopic (exact) mass is 614 g/mol. The van der Waals surface area contributed by atoms with Crippen molar-refractivity contribution in [3.8, 4) is 22.6 Å². The number of phenols is 1. The summed E-state index contributed by atoms with van der Waals surface area (Å²) in [6.07, 6.45) is 11.4. The van der Waals surface area contributed by atoms with Crippen LogP contribution in [0.1, 0.15) is 63.5 Å². The highest BCUT2D eigenvalue weighted by atomic mass is 79.9. The number of rotatable bonds is 19. The van der Waals surface area contributed by atoms with Crippen molar-refractivity contribution >= 4 is 5.91 Å². The lowest BCUT2D eigenvalue weighted by atomic mass is 9.97. The predicted octanol–water partition coefficient (Wildman–Crippen LogP) is 4.18. The molecule has 0 radical (unpaired) electrons. The topological polar surface area (TPSA) is 49.8 Å². The molecule has 1 amide bonds. The molecule has 0 saturated heterocycles. The van der Waals surface area contributed by atoms with Gasteiger partial charge in [0.15, 0.2) is 6.54 Å². The molecule has 0 fully saturated rings. The molecule has 0 saturated carbocycles. The Labute approximate surface area is 253 Å². The molecule has 2 aromatic rings. The number of allylic oxidation sites excluding steroid dienone is 2. The van der Waals surface area contributed by atoms with Gasteiger partial charge in [-0.05, 0) is 73.9 Å². The van der Waals surface area contributed by atoms with Gasteiger partial charge in [-0.15, -0.1) is 13.2 Å². The van der Waals surface area contributed by atoms with Gasteiger partial charge in [0.05, 0.1) is 27.2 Å². The molecule has 2 aromatic carbocycles. The van der Waals surface area contributed by atoms with Crippen molar-refractivity contribution < 1.29 is 36.1 Å². The number of carbonyl (C=O) groups is 1. The summed E-state index contributed by atoms with van der Waals surface area (Å²) in [5.41, 5.74) is 3.87. The summed E-state index contributed by atoms with van der Waals surface area (Å²) in [5.74, 6) is 1.26. The van der Waals surface area contributed by atoms with Gasteiger partial charge in [0.2, 0.25) is 0 Å². The summed E-state index contributed by atoms with van der Waals surface area (Å²) in [4.78, 5) is 15.1. The number of likely N-dealkylation sites (N-methyl/N-ethyl adjacent to an activating group) is 1. The van der Waals surface area contributed by atoms with Crippen LogP contribution in [0, 0.1) is 0 Å². The van der Waals surface area contributed by atoms with E-state index in [0.717, 1.165) is 99.0 Å². The number of halogens is 1. The first-order valence-electron chi connectivity index (χ1n) is 14.6. The Morgan fingerprint density at radius 3 is 2.05 bits per heavy atom. The predicted molar refractivity (Wildman–Crippen MR) is 164 cm³/mol. The molecule has 6 heteroatoms. The zero-order valence-electron chi connectivity index (χ0n) is 25.3. The first kappa shape index (κ1) is 35.5. The van der Waals surface area contributed by atoms with Crippen molar-refractivity contribution in [2.75, 3.05) is 46.9 Å². The van der Waals surface area contributed by atoms with Gasteiger partial charge >= 0.3 is 0 Å². The second kappa shape index (κ2) is 18.7. The molecule has 0 aliphatic heterocycles. The van der Waals surface area contributed by atoms with Crippen LogP contribution in [0.3, 0.4) is 0 Å². The first-order valence-corrected chi connectivity index (χ1v) is 14.6. The number of hydrogen-bond acceptors (Lipinski definition) is 3. The number of quaternary nitrogens is 1. The second-order valence-corrected chi connectivity index (χ2v) is 11.1. The fraction of sp³-hybridized carbons (Fsp3) is 0.500. The minimum Gasteiger partial charge on any atom is -1.00 e. The molecule has 222 valence electrons. The van der Waals surface area contributed by atoms with Crippen LogP contribution in [0.25, 0.3) is 11.1 Å². The van der Waals surface area contributed by atoms with Gasteiger partial charge in [-0.25, -0.2) is 0 Å². The number of unbranched alkanes of at least 4 members (excludes halogenated alkanes) is 3. The number of hydrogen-bond donors (Lipinski definition) is 1. The minimum atomic E-state index is 0. The molecule has 0 aliphatic rings. The molecule has 0 aromatic heterocycles. The maximum absolute atomic E-state index is 13.0. The lowest BCUT2D eigenvalue weighted by Crippen LogP contribution is -3.00. The highest BCUT2D eigenvalue weighted by Gasteiger charge is 2.23. The Morgan fingerprint density at radius 2 is 1.48 bits per heavy atom. The third kappa shape index (κ3) is 11.9. The quantitative estimate of drug-likeness (QED) is 0.147. The van der Waals surface area contributed by atoms with E-state index in [0.29, 0.717) is 17.6 Å². The number of carbonyl (C=O) groups excluding carboxylic acids is 1. The zero-order valence-corrected chi connectivity index (χ0v) is 26.8. The average molecular weight is 616 g/mol. The lowest BCUT2D eigenvalue weighted by molar-refractivity contribution is -0.883. The number of benzene rings is 2. The van der Waals surface area contributed by atoms with Crippen LogP contribution in [0.4, 0.5) is 0 Å². The number of aromatic hydroxyl groups is 1. The minimum absolute atomic E-state index is 0.